The monoisotopic (exact) mass is 352 g/mol. The van der Waals surface area contributed by atoms with Gasteiger partial charge in [-0.25, -0.2) is 0 Å². The second-order valence-corrected chi connectivity index (χ2v) is 5.18. The van der Waals surface area contributed by atoms with Gasteiger partial charge in [0.1, 0.15) is 5.69 Å². The van der Waals surface area contributed by atoms with E-state index in [-0.39, 0.29) is 5.69 Å². The lowest BCUT2D eigenvalue weighted by molar-refractivity contribution is -0.137. The van der Waals surface area contributed by atoms with Crippen molar-refractivity contribution >= 4 is 21.8 Å². The zero-order valence-electron chi connectivity index (χ0n) is 11.0. The van der Waals surface area contributed by atoms with Crippen LogP contribution in [-0.4, -0.2) is 22.8 Å². The highest BCUT2D eigenvalue weighted by molar-refractivity contribution is 9.09. The summed E-state index contributed by atoms with van der Waals surface area (Å²) in [5.41, 5.74) is -0.869. The van der Waals surface area contributed by atoms with Crippen LogP contribution in [0, 0.1) is 5.92 Å². The lowest BCUT2D eigenvalue weighted by Gasteiger charge is -2.14. The summed E-state index contributed by atoms with van der Waals surface area (Å²) < 4.78 is 37.1. The highest BCUT2D eigenvalue weighted by Crippen LogP contribution is 2.28. The maximum absolute atomic E-state index is 12.4. The average molecular weight is 353 g/mol. The Labute approximate surface area is 124 Å². The number of carbonyl (C=O) groups is 1. The van der Waals surface area contributed by atoms with Crippen LogP contribution in [0.2, 0.25) is 0 Å². The molecule has 0 radical (unpaired) electrons. The Morgan fingerprint density at radius 3 is 2.60 bits per heavy atom. The van der Waals surface area contributed by atoms with Crippen LogP contribution >= 0.6 is 15.9 Å². The molecular formula is C13H16BrF3N2O. The molecule has 0 aliphatic heterocycles. The predicted octanol–water partition coefficient (Wildman–Crippen LogP) is 3.64. The summed E-state index contributed by atoms with van der Waals surface area (Å²) in [6.45, 7) is 2.51. The molecule has 3 nitrogen and oxygen atoms in total. The lowest BCUT2D eigenvalue weighted by atomic mass is 10.0. The largest absolute Gasteiger partial charge is 0.417 e. The van der Waals surface area contributed by atoms with E-state index in [4.69, 9.17) is 0 Å². The maximum Gasteiger partial charge on any atom is 0.417 e. The normalized spacial score (nSPS) is 13.1. The van der Waals surface area contributed by atoms with E-state index in [1.54, 1.807) is 0 Å². The molecule has 20 heavy (non-hydrogen) atoms. The number of nitrogens with one attached hydrogen (secondary N) is 1. The standard InChI is InChI=1S/C13H16BrF3N2O/c1-2-9(5-6-14)7-19-12(20)11-4-3-10(8-18-11)13(15,16)17/h3-4,8-9H,2,5-7H2,1H3,(H,19,20). The van der Waals surface area contributed by atoms with Crippen molar-refractivity contribution in [3.05, 3.63) is 29.6 Å². The molecule has 112 valence electrons. The number of nitrogens with zero attached hydrogens (tertiary/aromatic N) is 1. The molecule has 1 unspecified atom stereocenters. The van der Waals surface area contributed by atoms with Gasteiger partial charge in [0, 0.05) is 18.1 Å². The molecule has 0 fully saturated rings. The number of carbonyl (C=O) groups excluding carboxylic acids is 1. The van der Waals surface area contributed by atoms with Crippen LogP contribution in [-0.2, 0) is 6.18 Å². The fourth-order valence-corrected chi connectivity index (χ4v) is 2.28. The molecule has 0 aromatic carbocycles. The molecule has 1 N–H and O–H groups in total. The number of alkyl halides is 4. The number of hydrogen-bond donors (Lipinski definition) is 1. The quantitative estimate of drug-likeness (QED) is 0.794. The molecule has 0 bridgehead atoms. The van der Waals surface area contributed by atoms with Crippen molar-refractivity contribution in [2.45, 2.75) is 25.9 Å². The lowest BCUT2D eigenvalue weighted by Crippen LogP contribution is -2.30. The minimum atomic E-state index is -4.44. The first-order valence-corrected chi connectivity index (χ1v) is 7.38. The molecule has 0 aliphatic carbocycles. The van der Waals surface area contributed by atoms with E-state index in [9.17, 15) is 18.0 Å². The summed E-state index contributed by atoms with van der Waals surface area (Å²) in [5, 5.41) is 3.54. The third kappa shape index (κ3) is 5.11. The van der Waals surface area contributed by atoms with Gasteiger partial charge < -0.3 is 5.32 Å². The van der Waals surface area contributed by atoms with E-state index < -0.39 is 17.6 Å². The summed E-state index contributed by atoms with van der Waals surface area (Å²) in [7, 11) is 0. The van der Waals surface area contributed by atoms with Crippen molar-refractivity contribution in [2.75, 3.05) is 11.9 Å². The van der Waals surface area contributed by atoms with E-state index in [0.717, 1.165) is 30.3 Å². The number of halogens is 4. The van der Waals surface area contributed by atoms with E-state index in [1.165, 1.54) is 0 Å². The number of aromatic nitrogens is 1. The van der Waals surface area contributed by atoms with E-state index >= 15 is 0 Å². The summed E-state index contributed by atoms with van der Waals surface area (Å²) in [6.07, 6.45) is -1.92. The minimum absolute atomic E-state index is 0.00769. The molecule has 1 atom stereocenters. The fraction of sp³-hybridized carbons (Fsp3) is 0.538. The van der Waals surface area contributed by atoms with Crippen LogP contribution in [0.1, 0.15) is 35.8 Å². The van der Waals surface area contributed by atoms with E-state index in [1.807, 2.05) is 6.92 Å². The molecule has 1 aromatic heterocycles. The van der Waals surface area contributed by atoms with Crippen molar-refractivity contribution < 1.29 is 18.0 Å². The summed E-state index contributed by atoms with van der Waals surface area (Å²) in [6, 6.07) is 1.95. The number of amides is 1. The number of hydrogen-bond acceptors (Lipinski definition) is 2. The van der Waals surface area contributed by atoms with Gasteiger partial charge in [-0.3, -0.25) is 9.78 Å². The van der Waals surface area contributed by atoms with Crippen LogP contribution in [0.25, 0.3) is 0 Å². The Kier molecular flexibility index (Phi) is 6.45. The number of rotatable bonds is 6. The first-order chi connectivity index (χ1) is 9.38. The van der Waals surface area contributed by atoms with Crippen molar-refractivity contribution in [2.24, 2.45) is 5.92 Å². The van der Waals surface area contributed by atoms with Crippen LogP contribution in [0.5, 0.6) is 0 Å². The van der Waals surface area contributed by atoms with Gasteiger partial charge in [-0.1, -0.05) is 29.3 Å². The molecule has 0 saturated carbocycles. The molecule has 1 aromatic rings. The van der Waals surface area contributed by atoms with Gasteiger partial charge in [0.05, 0.1) is 5.56 Å². The van der Waals surface area contributed by atoms with Crippen molar-refractivity contribution in [3.63, 3.8) is 0 Å². The first-order valence-electron chi connectivity index (χ1n) is 6.25. The van der Waals surface area contributed by atoms with Crippen molar-refractivity contribution in [3.8, 4) is 0 Å². The molecule has 0 saturated heterocycles. The van der Waals surface area contributed by atoms with Crippen LogP contribution < -0.4 is 5.32 Å². The van der Waals surface area contributed by atoms with Gasteiger partial charge >= 0.3 is 6.18 Å². The van der Waals surface area contributed by atoms with Gasteiger partial charge in [0.15, 0.2) is 0 Å². The smallest absolute Gasteiger partial charge is 0.350 e. The molecule has 7 heteroatoms. The first kappa shape index (κ1) is 16.9. The van der Waals surface area contributed by atoms with Gasteiger partial charge in [-0.15, -0.1) is 0 Å². The van der Waals surface area contributed by atoms with Gasteiger partial charge in [0.2, 0.25) is 0 Å². The Morgan fingerprint density at radius 1 is 1.45 bits per heavy atom. The van der Waals surface area contributed by atoms with Gasteiger partial charge in [-0.05, 0) is 24.5 Å². The molecule has 1 rings (SSSR count). The fourth-order valence-electron chi connectivity index (χ4n) is 1.63. The second kappa shape index (κ2) is 7.61. The Morgan fingerprint density at radius 2 is 2.15 bits per heavy atom. The Balaban J connectivity index is 2.60. The van der Waals surface area contributed by atoms with Crippen LogP contribution in [0.4, 0.5) is 13.2 Å². The highest BCUT2D eigenvalue weighted by atomic mass is 79.9. The van der Waals surface area contributed by atoms with Gasteiger partial charge in [0.25, 0.3) is 5.91 Å². The third-order valence-electron chi connectivity index (χ3n) is 2.97. The van der Waals surface area contributed by atoms with Crippen molar-refractivity contribution in [1.82, 2.24) is 10.3 Å². The Bertz CT molecular complexity index is 434. The molecule has 1 heterocycles. The van der Waals surface area contributed by atoms with E-state index in [0.29, 0.717) is 18.7 Å². The summed E-state index contributed by atoms with van der Waals surface area (Å²) in [4.78, 5) is 15.3. The Hall–Kier alpha value is -1.11. The SMILES string of the molecule is CCC(CCBr)CNC(=O)c1ccc(C(F)(F)F)cn1. The average Bonchev–Trinajstić information content (AvgIpc) is 2.42. The van der Waals surface area contributed by atoms with Gasteiger partial charge in [-0.2, -0.15) is 13.2 Å². The summed E-state index contributed by atoms with van der Waals surface area (Å²) >= 11 is 3.34. The highest BCUT2D eigenvalue weighted by Gasteiger charge is 2.30. The minimum Gasteiger partial charge on any atom is -0.350 e. The molecule has 0 aliphatic rings. The zero-order valence-corrected chi connectivity index (χ0v) is 12.6. The maximum atomic E-state index is 12.4. The predicted molar refractivity (Wildman–Crippen MR) is 73.8 cm³/mol. The molecular weight excluding hydrogens is 337 g/mol. The number of pyridine rings is 1. The van der Waals surface area contributed by atoms with Crippen molar-refractivity contribution in [1.29, 1.82) is 0 Å². The molecule has 1 amide bonds. The third-order valence-corrected chi connectivity index (χ3v) is 3.43. The second-order valence-electron chi connectivity index (χ2n) is 4.39. The topological polar surface area (TPSA) is 42.0 Å². The van der Waals surface area contributed by atoms with Crippen LogP contribution in [0.3, 0.4) is 0 Å². The molecule has 0 spiro atoms. The summed E-state index contributed by atoms with van der Waals surface area (Å²) in [5.74, 6) is -0.112. The van der Waals surface area contributed by atoms with Crippen LogP contribution in [0.15, 0.2) is 18.3 Å². The van der Waals surface area contributed by atoms with E-state index in [2.05, 4.69) is 26.2 Å². The zero-order chi connectivity index (χ0) is 15.2.